The van der Waals surface area contributed by atoms with Gasteiger partial charge in [-0.15, -0.1) is 0 Å². The highest BCUT2D eigenvalue weighted by Gasteiger charge is 2.15. The molecule has 0 saturated carbocycles. The fourth-order valence-corrected chi connectivity index (χ4v) is 3.72. The predicted molar refractivity (Wildman–Crippen MR) is 149 cm³/mol. The van der Waals surface area contributed by atoms with Gasteiger partial charge in [-0.05, 0) is 68.3 Å². The van der Waals surface area contributed by atoms with Crippen molar-refractivity contribution in [3.8, 4) is 23.3 Å². The molecule has 0 spiro atoms. The van der Waals surface area contributed by atoms with Gasteiger partial charge < -0.3 is 24.3 Å². The first-order valence-electron chi connectivity index (χ1n) is 12.3. The van der Waals surface area contributed by atoms with Crippen LogP contribution in [-0.2, 0) is 9.53 Å². The molecule has 7 nitrogen and oxygen atoms in total. The summed E-state index contributed by atoms with van der Waals surface area (Å²) in [6.07, 6.45) is 1.46. The Hall–Kier alpha value is -3.99. The van der Waals surface area contributed by atoms with Gasteiger partial charge in [0.2, 0.25) is 0 Å². The molecule has 0 fully saturated rings. The van der Waals surface area contributed by atoms with Crippen LogP contribution in [0.5, 0.6) is 17.2 Å². The summed E-state index contributed by atoms with van der Waals surface area (Å²) >= 11 is 6.49. The molecule has 1 amide bonds. The SMILES string of the molecule is CCOc1cc(/C=C(\C#N)C(=O)Nc2ccccc2C)cc(Cl)c1OCCOCCOc1ccc(C)cc1. The van der Waals surface area contributed by atoms with Crippen LogP contribution in [0.2, 0.25) is 5.02 Å². The molecule has 3 aromatic carbocycles. The second kappa shape index (κ2) is 14.7. The molecular formula is C30H31ClN2O5. The molecule has 8 heteroatoms. The quantitative estimate of drug-likeness (QED) is 0.155. The average molecular weight is 535 g/mol. The normalized spacial score (nSPS) is 11.0. The highest BCUT2D eigenvalue weighted by molar-refractivity contribution is 6.32. The van der Waals surface area contributed by atoms with Gasteiger partial charge >= 0.3 is 0 Å². The van der Waals surface area contributed by atoms with E-state index in [-0.39, 0.29) is 12.2 Å². The van der Waals surface area contributed by atoms with E-state index in [1.165, 1.54) is 11.6 Å². The molecule has 3 rings (SSSR count). The lowest BCUT2D eigenvalue weighted by Gasteiger charge is -2.15. The first-order valence-corrected chi connectivity index (χ1v) is 12.6. The average Bonchev–Trinajstić information content (AvgIpc) is 2.90. The van der Waals surface area contributed by atoms with Crippen molar-refractivity contribution in [3.05, 3.63) is 87.9 Å². The molecule has 0 aliphatic heterocycles. The van der Waals surface area contributed by atoms with Crippen molar-refractivity contribution in [1.82, 2.24) is 0 Å². The molecular weight excluding hydrogens is 504 g/mol. The minimum absolute atomic E-state index is 0.0679. The van der Waals surface area contributed by atoms with Crippen molar-refractivity contribution < 1.29 is 23.7 Å². The Morgan fingerprint density at radius 1 is 0.974 bits per heavy atom. The Kier molecular flexibility index (Phi) is 11.0. The number of ether oxygens (including phenoxy) is 4. The minimum atomic E-state index is -0.514. The van der Waals surface area contributed by atoms with E-state index in [4.69, 9.17) is 30.5 Å². The zero-order chi connectivity index (χ0) is 27.3. The first-order chi connectivity index (χ1) is 18.4. The van der Waals surface area contributed by atoms with E-state index in [2.05, 4.69) is 5.32 Å². The van der Waals surface area contributed by atoms with Crippen LogP contribution in [0.15, 0.2) is 66.2 Å². The maximum Gasteiger partial charge on any atom is 0.266 e. The van der Waals surface area contributed by atoms with Crippen molar-refractivity contribution in [3.63, 3.8) is 0 Å². The van der Waals surface area contributed by atoms with E-state index in [1.54, 1.807) is 18.2 Å². The molecule has 0 radical (unpaired) electrons. The van der Waals surface area contributed by atoms with Gasteiger partial charge in [-0.25, -0.2) is 0 Å². The molecule has 0 aromatic heterocycles. The number of nitrogens with one attached hydrogen (secondary N) is 1. The monoisotopic (exact) mass is 534 g/mol. The van der Waals surface area contributed by atoms with Crippen LogP contribution in [0.3, 0.4) is 0 Å². The molecule has 0 atom stereocenters. The molecule has 3 aromatic rings. The van der Waals surface area contributed by atoms with Crippen LogP contribution in [0.25, 0.3) is 6.08 Å². The van der Waals surface area contributed by atoms with Crippen LogP contribution in [0.4, 0.5) is 5.69 Å². The van der Waals surface area contributed by atoms with Crippen LogP contribution in [-0.4, -0.2) is 38.9 Å². The van der Waals surface area contributed by atoms with Crippen molar-refractivity contribution in [1.29, 1.82) is 5.26 Å². The molecule has 0 bridgehead atoms. The van der Waals surface area contributed by atoms with Gasteiger partial charge in [0, 0.05) is 5.69 Å². The number of rotatable bonds is 13. The number of halogens is 1. The van der Waals surface area contributed by atoms with E-state index in [0.29, 0.717) is 54.2 Å². The summed E-state index contributed by atoms with van der Waals surface area (Å²) in [6.45, 7) is 7.54. The highest BCUT2D eigenvalue weighted by atomic mass is 35.5. The molecule has 1 N–H and O–H groups in total. The zero-order valence-electron chi connectivity index (χ0n) is 21.8. The van der Waals surface area contributed by atoms with Gasteiger partial charge in [0.1, 0.15) is 30.6 Å². The highest BCUT2D eigenvalue weighted by Crippen LogP contribution is 2.37. The van der Waals surface area contributed by atoms with E-state index in [0.717, 1.165) is 11.3 Å². The fourth-order valence-electron chi connectivity index (χ4n) is 3.45. The van der Waals surface area contributed by atoms with Crippen molar-refractivity contribution in [2.75, 3.05) is 38.4 Å². The van der Waals surface area contributed by atoms with Crippen LogP contribution in [0.1, 0.15) is 23.6 Å². The van der Waals surface area contributed by atoms with Crippen molar-refractivity contribution >= 4 is 29.3 Å². The molecule has 0 saturated heterocycles. The number of hydrogen-bond donors (Lipinski definition) is 1. The number of nitrogens with zero attached hydrogens (tertiary/aromatic N) is 1. The third-order valence-corrected chi connectivity index (χ3v) is 5.67. The smallest absolute Gasteiger partial charge is 0.266 e. The number of aryl methyl sites for hydroxylation is 2. The number of anilines is 1. The summed E-state index contributed by atoms with van der Waals surface area (Å²) in [7, 11) is 0. The molecule has 0 aliphatic rings. The van der Waals surface area contributed by atoms with Crippen LogP contribution in [0, 0.1) is 25.2 Å². The summed E-state index contributed by atoms with van der Waals surface area (Å²) in [5.41, 5.74) is 3.17. The number of para-hydroxylation sites is 1. The second-order valence-electron chi connectivity index (χ2n) is 8.32. The van der Waals surface area contributed by atoms with Crippen molar-refractivity contribution in [2.24, 2.45) is 0 Å². The summed E-state index contributed by atoms with van der Waals surface area (Å²) in [5.74, 6) is 1.06. The lowest BCUT2D eigenvalue weighted by atomic mass is 10.1. The maximum absolute atomic E-state index is 12.7. The minimum Gasteiger partial charge on any atom is -0.491 e. The number of nitriles is 1. The van der Waals surface area contributed by atoms with Crippen LogP contribution >= 0.6 is 11.6 Å². The first kappa shape index (κ1) is 28.6. The van der Waals surface area contributed by atoms with E-state index in [1.807, 2.05) is 69.3 Å². The van der Waals surface area contributed by atoms with Gasteiger partial charge in [-0.2, -0.15) is 5.26 Å². The topological polar surface area (TPSA) is 89.8 Å². The summed E-state index contributed by atoms with van der Waals surface area (Å²) in [5, 5.41) is 12.7. The lowest BCUT2D eigenvalue weighted by Crippen LogP contribution is -2.14. The Labute approximate surface area is 228 Å². The number of carbonyl (C=O) groups is 1. The number of carbonyl (C=O) groups excluding carboxylic acids is 1. The Morgan fingerprint density at radius 2 is 1.68 bits per heavy atom. The van der Waals surface area contributed by atoms with Gasteiger partial charge in [0.25, 0.3) is 5.91 Å². The Balaban J connectivity index is 1.58. The number of benzene rings is 3. The Bertz CT molecular complexity index is 1300. The molecule has 198 valence electrons. The lowest BCUT2D eigenvalue weighted by molar-refractivity contribution is -0.112. The largest absolute Gasteiger partial charge is 0.491 e. The van der Waals surface area contributed by atoms with Gasteiger partial charge in [-0.3, -0.25) is 4.79 Å². The van der Waals surface area contributed by atoms with E-state index < -0.39 is 5.91 Å². The Morgan fingerprint density at radius 3 is 2.37 bits per heavy atom. The van der Waals surface area contributed by atoms with Crippen LogP contribution < -0.4 is 19.5 Å². The third-order valence-electron chi connectivity index (χ3n) is 5.39. The number of amides is 1. The van der Waals surface area contributed by atoms with E-state index >= 15 is 0 Å². The van der Waals surface area contributed by atoms with Crippen molar-refractivity contribution in [2.45, 2.75) is 20.8 Å². The second-order valence-corrected chi connectivity index (χ2v) is 8.73. The zero-order valence-corrected chi connectivity index (χ0v) is 22.5. The van der Waals surface area contributed by atoms with Gasteiger partial charge in [0.15, 0.2) is 11.5 Å². The summed E-state index contributed by atoms with van der Waals surface area (Å²) in [4.78, 5) is 12.7. The molecule has 38 heavy (non-hydrogen) atoms. The summed E-state index contributed by atoms with van der Waals surface area (Å²) in [6, 6.07) is 20.4. The van der Waals surface area contributed by atoms with Gasteiger partial charge in [-0.1, -0.05) is 47.5 Å². The van der Waals surface area contributed by atoms with E-state index in [9.17, 15) is 10.1 Å². The fraction of sp³-hybridized carbons (Fsp3) is 0.267. The maximum atomic E-state index is 12.7. The van der Waals surface area contributed by atoms with Gasteiger partial charge in [0.05, 0.1) is 24.8 Å². The molecule has 0 aliphatic carbocycles. The standard InChI is InChI=1S/C30H31ClN2O5/c1-4-36-28-19-23(17-24(20-32)30(34)33-27-8-6-5-7-22(27)3)18-26(31)29(28)38-16-14-35-13-15-37-25-11-9-21(2)10-12-25/h5-12,17-19H,4,13-16H2,1-3H3,(H,33,34)/b24-17+. The third kappa shape index (κ3) is 8.55. The summed E-state index contributed by atoms with van der Waals surface area (Å²) < 4.78 is 22.8. The number of hydrogen-bond acceptors (Lipinski definition) is 6. The molecule has 0 heterocycles. The molecule has 0 unspecified atom stereocenters. The predicted octanol–water partition coefficient (Wildman–Crippen LogP) is 6.38.